The maximum Gasteiger partial charge on any atom is 1.00 e. The minimum absolute atomic E-state index is 0. The van der Waals surface area contributed by atoms with Crippen LogP contribution < -0.4 is 69.1 Å². The van der Waals surface area contributed by atoms with Crippen molar-refractivity contribution in [3.8, 4) is 5.88 Å². The van der Waals surface area contributed by atoms with E-state index in [1.54, 1.807) is 0 Å². The molecular formula is C10H10N4Na2O10P2. The molecule has 6 atom stereocenters. The van der Waals surface area contributed by atoms with E-state index in [9.17, 15) is 29.1 Å². The van der Waals surface area contributed by atoms with Crippen molar-refractivity contribution in [2.24, 2.45) is 0 Å². The van der Waals surface area contributed by atoms with E-state index in [-0.39, 0.29) is 70.3 Å². The average molecular weight is 454 g/mol. The average Bonchev–Trinajstić information content (AvgIpc) is 3.08. The molecule has 0 aliphatic carbocycles. The molecule has 0 amide bonds. The van der Waals surface area contributed by atoms with Gasteiger partial charge in [-0.05, 0) is 0 Å². The summed E-state index contributed by atoms with van der Waals surface area (Å²) in [6.07, 6.45) is -3.47. The number of phosphoric ester groups is 2. The summed E-state index contributed by atoms with van der Waals surface area (Å²) in [7, 11) is -10.3. The predicted molar refractivity (Wildman–Crippen MR) is 74.0 cm³/mol. The van der Waals surface area contributed by atoms with Gasteiger partial charge in [-0.25, -0.2) is 18.8 Å². The SMILES string of the molecule is O=P1([O-])OC[C@H]2O[C@@H](n3cnc4c([O-])ncnc43)[C@H](OP(=O)(O)O1)[C@@H]2O.[Na+].[Na+]. The van der Waals surface area contributed by atoms with Crippen molar-refractivity contribution in [2.75, 3.05) is 6.61 Å². The van der Waals surface area contributed by atoms with Crippen LogP contribution in [0, 0.1) is 0 Å². The molecule has 4 rings (SSSR count). The van der Waals surface area contributed by atoms with Crippen LogP contribution in [0.5, 0.6) is 5.88 Å². The van der Waals surface area contributed by atoms with E-state index in [1.165, 1.54) is 4.57 Å². The van der Waals surface area contributed by atoms with E-state index in [0.717, 1.165) is 12.7 Å². The molecule has 18 heteroatoms. The number of ether oxygens (including phenoxy) is 1. The zero-order valence-corrected chi connectivity index (χ0v) is 20.3. The summed E-state index contributed by atoms with van der Waals surface area (Å²) >= 11 is 0. The summed E-state index contributed by atoms with van der Waals surface area (Å²) in [5, 5.41) is 22.0. The van der Waals surface area contributed by atoms with Gasteiger partial charge in [-0.2, -0.15) is 0 Å². The number of aliphatic hydroxyl groups excluding tert-OH is 1. The molecule has 0 spiro atoms. The molecule has 2 bridgehead atoms. The van der Waals surface area contributed by atoms with Crippen molar-refractivity contribution in [1.29, 1.82) is 0 Å². The molecule has 142 valence electrons. The van der Waals surface area contributed by atoms with Gasteiger partial charge in [0.15, 0.2) is 11.9 Å². The Hall–Kier alpha value is 0.530. The van der Waals surface area contributed by atoms with Gasteiger partial charge in [0.1, 0.15) is 30.2 Å². The minimum Gasteiger partial charge on any atom is -0.857 e. The monoisotopic (exact) mass is 454 g/mol. The summed E-state index contributed by atoms with van der Waals surface area (Å²) in [6.45, 7) is -0.688. The molecule has 2 aliphatic rings. The first-order valence-electron chi connectivity index (χ1n) is 7.03. The van der Waals surface area contributed by atoms with E-state index in [4.69, 9.17) is 9.26 Å². The van der Waals surface area contributed by atoms with Crippen LogP contribution in [0.2, 0.25) is 0 Å². The van der Waals surface area contributed by atoms with Gasteiger partial charge < -0.3 is 29.3 Å². The third-order valence-corrected chi connectivity index (χ3v) is 6.37. The largest absolute Gasteiger partial charge is 1.00 e. The molecule has 0 saturated carbocycles. The normalized spacial score (nSPS) is 38.0. The van der Waals surface area contributed by atoms with Gasteiger partial charge in [0.2, 0.25) is 0 Å². The molecule has 2 saturated heterocycles. The van der Waals surface area contributed by atoms with E-state index >= 15 is 0 Å². The zero-order valence-electron chi connectivity index (χ0n) is 14.5. The molecule has 2 aromatic heterocycles. The van der Waals surface area contributed by atoms with Gasteiger partial charge in [0, 0.05) is 5.88 Å². The van der Waals surface area contributed by atoms with Crippen molar-refractivity contribution in [3.05, 3.63) is 12.7 Å². The second-order valence-electron chi connectivity index (χ2n) is 5.42. The maximum atomic E-state index is 11.9. The Morgan fingerprint density at radius 2 is 1.96 bits per heavy atom. The van der Waals surface area contributed by atoms with Crippen LogP contribution in [0.25, 0.3) is 11.2 Å². The second-order valence-corrected chi connectivity index (χ2v) is 8.38. The van der Waals surface area contributed by atoms with E-state index in [1.807, 2.05) is 0 Å². The number of hydrogen-bond acceptors (Lipinski definition) is 12. The number of hydrogen-bond donors (Lipinski definition) is 2. The molecule has 2 aliphatic heterocycles. The van der Waals surface area contributed by atoms with Gasteiger partial charge in [-0.1, -0.05) is 0 Å². The van der Waals surface area contributed by atoms with Crippen LogP contribution in [0.15, 0.2) is 12.7 Å². The Kier molecular flexibility index (Phi) is 7.93. The molecule has 4 heterocycles. The Morgan fingerprint density at radius 3 is 2.68 bits per heavy atom. The first-order valence-corrected chi connectivity index (χ1v) is 9.99. The Bertz CT molecular complexity index is 961. The van der Waals surface area contributed by atoms with E-state index in [0.29, 0.717) is 0 Å². The topological polar surface area (TPSA) is 201 Å². The molecular weight excluding hydrogens is 444 g/mol. The van der Waals surface area contributed by atoms with Crippen LogP contribution in [-0.2, 0) is 27.2 Å². The molecule has 14 nitrogen and oxygen atoms in total. The van der Waals surface area contributed by atoms with Crippen molar-refractivity contribution in [3.63, 3.8) is 0 Å². The quantitative estimate of drug-likeness (QED) is 0.304. The minimum atomic E-state index is -5.17. The van der Waals surface area contributed by atoms with Gasteiger partial charge in [0.05, 0.1) is 12.9 Å². The molecule has 2 N–H and O–H groups in total. The first-order chi connectivity index (χ1) is 12.2. The Labute approximate surface area is 201 Å². The third kappa shape index (κ3) is 4.72. The summed E-state index contributed by atoms with van der Waals surface area (Å²) in [5.74, 6) is -0.658. The van der Waals surface area contributed by atoms with Gasteiger partial charge in [-0.15, -0.1) is 0 Å². The molecule has 2 aromatic rings. The molecule has 0 radical (unpaired) electrons. The number of aliphatic hydroxyl groups is 1. The maximum absolute atomic E-state index is 11.9. The van der Waals surface area contributed by atoms with Gasteiger partial charge in [0.25, 0.3) is 7.82 Å². The van der Waals surface area contributed by atoms with E-state index in [2.05, 4.69) is 23.8 Å². The number of nitrogens with zero attached hydrogens (tertiary/aromatic N) is 4. The molecule has 0 aromatic carbocycles. The zero-order chi connectivity index (χ0) is 18.7. The predicted octanol–water partition coefficient (Wildman–Crippen LogP) is -7.83. The molecule has 2 fully saturated rings. The molecule has 28 heavy (non-hydrogen) atoms. The fourth-order valence-electron chi connectivity index (χ4n) is 2.70. The standard InChI is InChI=1S/C10H12N4O10P2.2Na/c15-6-4-1-21-25(17,18)24-26(19,20)23-7(6)10(22-4)14-3-13-5-8(14)11-2-12-9(5)16;;/h2-4,6-7,10,15H,1H2,(H,17,18)(H,19,20)(H,11,12,16);;/q;2*+1/p-2/t4-,6-,7-,10-;;/m1../s1. The number of phosphoric acid groups is 2. The van der Waals surface area contributed by atoms with Crippen LogP contribution in [0.3, 0.4) is 0 Å². The van der Waals surface area contributed by atoms with Crippen LogP contribution in [0.4, 0.5) is 0 Å². The van der Waals surface area contributed by atoms with Crippen LogP contribution >= 0.6 is 15.6 Å². The fourth-order valence-corrected chi connectivity index (χ4v) is 4.92. The fraction of sp³-hybridized carbons (Fsp3) is 0.500. The van der Waals surface area contributed by atoms with Crippen LogP contribution in [-0.4, -0.2) is 54.4 Å². The Balaban J connectivity index is 0.00000140. The number of fused-ring (bicyclic) bond motifs is 3. The van der Waals surface area contributed by atoms with Crippen molar-refractivity contribution in [1.82, 2.24) is 19.5 Å². The van der Waals surface area contributed by atoms with Crippen LogP contribution in [0.1, 0.15) is 6.23 Å². The Morgan fingerprint density at radius 1 is 1.25 bits per heavy atom. The summed E-state index contributed by atoms with van der Waals surface area (Å²) in [4.78, 5) is 32.3. The summed E-state index contributed by atoms with van der Waals surface area (Å²) in [6, 6.07) is 0. The first kappa shape index (κ1) is 24.8. The summed E-state index contributed by atoms with van der Waals surface area (Å²) in [5.41, 5.74) is -0.0683. The van der Waals surface area contributed by atoms with Crippen molar-refractivity contribution < 1.29 is 106 Å². The van der Waals surface area contributed by atoms with Gasteiger partial charge in [-0.3, -0.25) is 18.6 Å². The van der Waals surface area contributed by atoms with E-state index < -0.39 is 52.7 Å². The number of rotatable bonds is 1. The van der Waals surface area contributed by atoms with Crippen molar-refractivity contribution in [2.45, 2.75) is 24.5 Å². The number of aromatic nitrogens is 4. The number of imidazole rings is 1. The van der Waals surface area contributed by atoms with Crippen molar-refractivity contribution >= 4 is 26.8 Å². The second kappa shape index (κ2) is 8.95. The van der Waals surface area contributed by atoms with Gasteiger partial charge >= 0.3 is 66.9 Å². The third-order valence-electron chi connectivity index (χ3n) is 3.77. The molecule has 2 unspecified atom stereocenters. The smallest absolute Gasteiger partial charge is 0.857 e. The summed E-state index contributed by atoms with van der Waals surface area (Å²) < 4.78 is 43.3.